The van der Waals surface area contributed by atoms with E-state index in [4.69, 9.17) is 17.3 Å². The van der Waals surface area contributed by atoms with Crippen molar-refractivity contribution in [3.63, 3.8) is 0 Å². The standard InChI is InChI=1S/C26H24ClN7O2/c1-14-12-18(13-20(27)29-14)23-22(17-8-5-4-6-9-17)34-25(28)24(33-23)26(36)30-15(2)19-10-7-11-21(32-19)31-16(3)35/h4-13,15H,1-3H3,(H2,28,34)(H,30,36)(H,31,32,35). The Morgan fingerprint density at radius 2 is 1.64 bits per heavy atom. The van der Waals surface area contributed by atoms with Gasteiger partial charge in [-0.3, -0.25) is 9.59 Å². The molecule has 4 N–H and O–H groups in total. The quantitative estimate of drug-likeness (QED) is 0.328. The Morgan fingerprint density at radius 1 is 0.917 bits per heavy atom. The molecule has 1 unspecified atom stereocenters. The zero-order valence-corrected chi connectivity index (χ0v) is 20.7. The normalized spacial score (nSPS) is 11.6. The number of halogens is 1. The molecule has 1 aromatic carbocycles. The summed E-state index contributed by atoms with van der Waals surface area (Å²) in [6.45, 7) is 4.99. The van der Waals surface area contributed by atoms with Crippen LogP contribution in [-0.2, 0) is 4.79 Å². The van der Waals surface area contributed by atoms with Gasteiger partial charge in [0.1, 0.15) is 11.0 Å². The Labute approximate surface area is 213 Å². The maximum atomic E-state index is 13.2. The van der Waals surface area contributed by atoms with Gasteiger partial charge in [0.2, 0.25) is 5.91 Å². The molecule has 4 rings (SSSR count). The molecule has 0 saturated heterocycles. The van der Waals surface area contributed by atoms with Gasteiger partial charge >= 0.3 is 0 Å². The lowest BCUT2D eigenvalue weighted by Crippen LogP contribution is -2.29. The van der Waals surface area contributed by atoms with Crippen LogP contribution in [0.1, 0.15) is 41.8 Å². The molecule has 10 heteroatoms. The number of hydrogen-bond donors (Lipinski definition) is 3. The molecule has 0 bridgehead atoms. The maximum absolute atomic E-state index is 13.2. The smallest absolute Gasteiger partial charge is 0.274 e. The van der Waals surface area contributed by atoms with Crippen molar-refractivity contribution in [3.8, 4) is 22.5 Å². The first-order valence-corrected chi connectivity index (χ1v) is 11.5. The summed E-state index contributed by atoms with van der Waals surface area (Å²) >= 11 is 6.22. The Kier molecular flexibility index (Phi) is 7.21. The van der Waals surface area contributed by atoms with E-state index in [2.05, 4.69) is 30.6 Å². The number of nitrogens with one attached hydrogen (secondary N) is 2. The minimum absolute atomic E-state index is 0.0147. The number of carbonyl (C=O) groups excluding carboxylic acids is 2. The van der Waals surface area contributed by atoms with Crippen LogP contribution in [0.3, 0.4) is 0 Å². The monoisotopic (exact) mass is 501 g/mol. The minimum atomic E-state index is -0.517. The highest BCUT2D eigenvalue weighted by molar-refractivity contribution is 6.29. The van der Waals surface area contributed by atoms with Gasteiger partial charge in [-0.2, -0.15) is 0 Å². The Morgan fingerprint density at radius 3 is 2.33 bits per heavy atom. The van der Waals surface area contributed by atoms with Crippen molar-refractivity contribution in [1.82, 2.24) is 25.3 Å². The van der Waals surface area contributed by atoms with Gasteiger partial charge in [0, 0.05) is 23.7 Å². The molecule has 0 fully saturated rings. The predicted octanol–water partition coefficient (Wildman–Crippen LogP) is 4.59. The highest BCUT2D eigenvalue weighted by Crippen LogP contribution is 2.32. The van der Waals surface area contributed by atoms with E-state index >= 15 is 0 Å². The number of nitrogens with two attached hydrogens (primary N) is 1. The molecule has 0 aliphatic carbocycles. The number of benzene rings is 1. The third-order valence-corrected chi connectivity index (χ3v) is 5.44. The Bertz CT molecular complexity index is 1420. The van der Waals surface area contributed by atoms with Gasteiger partial charge < -0.3 is 16.4 Å². The van der Waals surface area contributed by atoms with Gasteiger partial charge in [0.05, 0.1) is 23.1 Å². The van der Waals surface area contributed by atoms with Crippen LogP contribution in [0.4, 0.5) is 11.6 Å². The van der Waals surface area contributed by atoms with Crippen molar-refractivity contribution in [2.75, 3.05) is 11.1 Å². The SMILES string of the molecule is CC(=O)Nc1cccc(C(C)NC(=O)c2nc(-c3cc(C)nc(Cl)c3)c(-c3ccccc3)nc2N)n1. The summed E-state index contributed by atoms with van der Waals surface area (Å²) in [6.07, 6.45) is 0. The first kappa shape index (κ1) is 24.7. The summed E-state index contributed by atoms with van der Waals surface area (Å²) in [6, 6.07) is 17.6. The second-order valence-corrected chi connectivity index (χ2v) is 8.55. The molecule has 0 radical (unpaired) electrons. The molecule has 0 saturated carbocycles. The number of nitrogens with zero attached hydrogens (tertiary/aromatic N) is 4. The van der Waals surface area contributed by atoms with E-state index in [0.717, 1.165) is 5.56 Å². The Hall–Kier alpha value is -4.37. The van der Waals surface area contributed by atoms with Crippen molar-refractivity contribution in [2.24, 2.45) is 0 Å². The molecule has 4 aromatic rings. The van der Waals surface area contributed by atoms with Gasteiger partial charge in [-0.05, 0) is 38.1 Å². The van der Waals surface area contributed by atoms with Crippen LogP contribution in [0.5, 0.6) is 0 Å². The summed E-state index contributed by atoms with van der Waals surface area (Å²) in [7, 11) is 0. The number of carbonyl (C=O) groups is 2. The summed E-state index contributed by atoms with van der Waals surface area (Å²) in [5.74, 6) is -0.382. The number of aromatic nitrogens is 4. The molecule has 182 valence electrons. The highest BCUT2D eigenvalue weighted by atomic mass is 35.5. The molecular weight excluding hydrogens is 478 g/mol. The van der Waals surface area contributed by atoms with Crippen molar-refractivity contribution in [2.45, 2.75) is 26.8 Å². The molecule has 3 heterocycles. The fraction of sp³-hybridized carbons (Fsp3) is 0.154. The third-order valence-electron chi connectivity index (χ3n) is 5.25. The van der Waals surface area contributed by atoms with E-state index in [-0.39, 0.29) is 17.4 Å². The average Bonchev–Trinajstić information content (AvgIpc) is 2.83. The minimum Gasteiger partial charge on any atom is -0.382 e. The number of hydrogen-bond acceptors (Lipinski definition) is 7. The van der Waals surface area contributed by atoms with Crippen molar-refractivity contribution in [1.29, 1.82) is 0 Å². The molecule has 0 aliphatic rings. The molecule has 1 atom stereocenters. The third kappa shape index (κ3) is 5.64. The molecule has 2 amide bonds. The van der Waals surface area contributed by atoms with E-state index in [1.807, 2.05) is 43.3 Å². The predicted molar refractivity (Wildman–Crippen MR) is 139 cm³/mol. The van der Waals surface area contributed by atoms with Crippen molar-refractivity contribution in [3.05, 3.63) is 82.9 Å². The lowest BCUT2D eigenvalue weighted by Gasteiger charge is -2.17. The van der Waals surface area contributed by atoms with Gasteiger partial charge in [-0.1, -0.05) is 48.0 Å². The fourth-order valence-electron chi connectivity index (χ4n) is 3.66. The summed E-state index contributed by atoms with van der Waals surface area (Å²) in [5, 5.41) is 5.79. The van der Waals surface area contributed by atoms with Crippen LogP contribution in [0.15, 0.2) is 60.7 Å². The van der Waals surface area contributed by atoms with Crippen LogP contribution >= 0.6 is 11.6 Å². The maximum Gasteiger partial charge on any atom is 0.274 e. The topological polar surface area (TPSA) is 136 Å². The van der Waals surface area contributed by atoms with E-state index in [1.165, 1.54) is 6.92 Å². The van der Waals surface area contributed by atoms with Crippen LogP contribution in [-0.4, -0.2) is 31.8 Å². The molecule has 0 spiro atoms. The van der Waals surface area contributed by atoms with E-state index in [0.29, 0.717) is 39.3 Å². The number of anilines is 2. The number of pyridine rings is 2. The van der Waals surface area contributed by atoms with Crippen molar-refractivity contribution < 1.29 is 9.59 Å². The second-order valence-electron chi connectivity index (χ2n) is 8.16. The van der Waals surface area contributed by atoms with Crippen LogP contribution in [0, 0.1) is 6.92 Å². The summed E-state index contributed by atoms with van der Waals surface area (Å²) in [5.41, 5.74) is 9.86. The molecule has 36 heavy (non-hydrogen) atoms. The van der Waals surface area contributed by atoms with Gasteiger partial charge in [0.25, 0.3) is 5.91 Å². The Balaban J connectivity index is 1.72. The fourth-order valence-corrected chi connectivity index (χ4v) is 3.91. The van der Waals surface area contributed by atoms with Gasteiger partial charge in [0.15, 0.2) is 11.5 Å². The van der Waals surface area contributed by atoms with E-state index < -0.39 is 11.9 Å². The lowest BCUT2D eigenvalue weighted by molar-refractivity contribution is -0.114. The average molecular weight is 502 g/mol. The zero-order valence-electron chi connectivity index (χ0n) is 19.9. The molecule has 9 nitrogen and oxygen atoms in total. The van der Waals surface area contributed by atoms with Crippen LogP contribution < -0.4 is 16.4 Å². The number of amides is 2. The highest BCUT2D eigenvalue weighted by Gasteiger charge is 2.22. The second kappa shape index (κ2) is 10.5. The molecular formula is C26H24ClN7O2. The summed E-state index contributed by atoms with van der Waals surface area (Å²) in [4.78, 5) is 42.4. The first-order valence-electron chi connectivity index (χ1n) is 11.1. The van der Waals surface area contributed by atoms with Gasteiger partial charge in [-0.25, -0.2) is 19.9 Å². The summed E-state index contributed by atoms with van der Waals surface area (Å²) < 4.78 is 0. The van der Waals surface area contributed by atoms with Crippen LogP contribution in [0.25, 0.3) is 22.5 Å². The number of nitrogen functional groups attached to an aromatic ring is 1. The zero-order chi connectivity index (χ0) is 25.8. The molecule has 0 aliphatic heterocycles. The largest absolute Gasteiger partial charge is 0.382 e. The van der Waals surface area contributed by atoms with E-state index in [9.17, 15) is 9.59 Å². The van der Waals surface area contributed by atoms with Crippen molar-refractivity contribution >= 4 is 35.1 Å². The number of aryl methyl sites for hydroxylation is 1. The van der Waals surface area contributed by atoms with Crippen LogP contribution in [0.2, 0.25) is 5.15 Å². The lowest BCUT2D eigenvalue weighted by atomic mass is 10.0. The van der Waals surface area contributed by atoms with E-state index in [1.54, 1.807) is 31.2 Å². The molecule has 3 aromatic heterocycles. The van der Waals surface area contributed by atoms with Gasteiger partial charge in [-0.15, -0.1) is 0 Å². The first-order chi connectivity index (χ1) is 17.2. The number of rotatable bonds is 6.